The topological polar surface area (TPSA) is 37.0 Å². The van der Waals surface area contributed by atoms with Crippen molar-refractivity contribution in [2.24, 2.45) is 5.92 Å². The van der Waals surface area contributed by atoms with Crippen molar-refractivity contribution in [3.05, 3.63) is 30.1 Å². The van der Waals surface area contributed by atoms with Gasteiger partial charge in [0.2, 0.25) is 0 Å². The van der Waals surface area contributed by atoms with E-state index in [1.54, 1.807) is 0 Å². The average molecular weight is 219 g/mol. The summed E-state index contributed by atoms with van der Waals surface area (Å²) in [5.41, 5.74) is 1.13. The molecule has 1 fully saturated rings. The van der Waals surface area contributed by atoms with Gasteiger partial charge in [0.05, 0.1) is 5.69 Å². The first-order valence-corrected chi connectivity index (χ1v) is 6.21. The van der Waals surface area contributed by atoms with Crippen LogP contribution in [0.1, 0.15) is 31.5 Å². The number of nitrogens with one attached hydrogen (secondary N) is 2. The van der Waals surface area contributed by atoms with Crippen LogP contribution >= 0.6 is 0 Å². The highest BCUT2D eigenvalue weighted by atomic mass is 15.0. The maximum Gasteiger partial charge on any atom is 0.0570 e. The Balaban J connectivity index is 1.77. The van der Waals surface area contributed by atoms with Crippen LogP contribution in [-0.4, -0.2) is 24.6 Å². The number of nitrogens with zero attached hydrogens (tertiary/aromatic N) is 1. The maximum atomic E-state index is 4.36. The third kappa shape index (κ3) is 3.29. The molecule has 88 valence electrons. The number of rotatable bonds is 4. The predicted molar refractivity (Wildman–Crippen MR) is 66.2 cm³/mol. The highest BCUT2D eigenvalue weighted by molar-refractivity contribution is 5.07. The minimum Gasteiger partial charge on any atom is -0.316 e. The lowest BCUT2D eigenvalue weighted by molar-refractivity contribution is 0.347. The standard InChI is InChI=1S/C13H21N3/c1-11(13-6-2-3-8-15-13)16-10-12-5-4-7-14-9-12/h2-3,6,8,11-12,14,16H,4-5,7,9-10H2,1H3/t11-,12-/m1/s1. The zero-order valence-electron chi connectivity index (χ0n) is 9.95. The zero-order chi connectivity index (χ0) is 11.2. The van der Waals surface area contributed by atoms with E-state index in [2.05, 4.69) is 28.6 Å². The van der Waals surface area contributed by atoms with E-state index in [9.17, 15) is 0 Å². The summed E-state index contributed by atoms with van der Waals surface area (Å²) in [6, 6.07) is 6.43. The fourth-order valence-electron chi connectivity index (χ4n) is 2.18. The molecular weight excluding hydrogens is 198 g/mol. The Labute approximate surface area is 97.7 Å². The van der Waals surface area contributed by atoms with Crippen molar-refractivity contribution in [1.29, 1.82) is 0 Å². The highest BCUT2D eigenvalue weighted by Crippen LogP contribution is 2.12. The Bertz CT molecular complexity index is 293. The van der Waals surface area contributed by atoms with Crippen molar-refractivity contribution in [1.82, 2.24) is 15.6 Å². The molecule has 0 spiro atoms. The molecule has 1 aromatic rings. The second-order valence-electron chi connectivity index (χ2n) is 4.60. The Morgan fingerprint density at radius 2 is 2.50 bits per heavy atom. The summed E-state index contributed by atoms with van der Waals surface area (Å²) in [5, 5.41) is 7.01. The number of pyridine rings is 1. The van der Waals surface area contributed by atoms with Gasteiger partial charge < -0.3 is 10.6 Å². The second-order valence-corrected chi connectivity index (χ2v) is 4.60. The lowest BCUT2D eigenvalue weighted by Crippen LogP contribution is -2.36. The third-order valence-corrected chi connectivity index (χ3v) is 3.24. The molecule has 0 aromatic carbocycles. The van der Waals surface area contributed by atoms with Crippen LogP contribution in [0.5, 0.6) is 0 Å². The molecule has 0 unspecified atom stereocenters. The van der Waals surface area contributed by atoms with Gasteiger partial charge in [-0.15, -0.1) is 0 Å². The van der Waals surface area contributed by atoms with Crippen LogP contribution in [0.3, 0.4) is 0 Å². The Kier molecular flexibility index (Phi) is 4.31. The number of hydrogen-bond acceptors (Lipinski definition) is 3. The van der Waals surface area contributed by atoms with Gasteiger partial charge in [0.25, 0.3) is 0 Å². The predicted octanol–water partition coefficient (Wildman–Crippen LogP) is 1.73. The van der Waals surface area contributed by atoms with Gasteiger partial charge in [-0.25, -0.2) is 0 Å². The third-order valence-electron chi connectivity index (χ3n) is 3.24. The molecule has 2 rings (SSSR count). The summed E-state index contributed by atoms with van der Waals surface area (Å²) < 4.78 is 0. The van der Waals surface area contributed by atoms with E-state index in [4.69, 9.17) is 0 Å². The van der Waals surface area contributed by atoms with E-state index in [1.807, 2.05) is 18.3 Å². The molecule has 0 saturated carbocycles. The van der Waals surface area contributed by atoms with Gasteiger partial charge in [0, 0.05) is 12.2 Å². The molecule has 0 radical (unpaired) electrons. The van der Waals surface area contributed by atoms with E-state index >= 15 is 0 Å². The molecule has 3 heteroatoms. The Morgan fingerprint density at radius 1 is 1.56 bits per heavy atom. The van der Waals surface area contributed by atoms with Crippen molar-refractivity contribution in [3.8, 4) is 0 Å². The quantitative estimate of drug-likeness (QED) is 0.810. The largest absolute Gasteiger partial charge is 0.316 e. The molecule has 3 nitrogen and oxygen atoms in total. The Hall–Kier alpha value is -0.930. The van der Waals surface area contributed by atoms with Gasteiger partial charge in [0.15, 0.2) is 0 Å². The molecule has 2 heterocycles. The second kappa shape index (κ2) is 5.97. The fourth-order valence-corrected chi connectivity index (χ4v) is 2.18. The van der Waals surface area contributed by atoms with Crippen LogP contribution in [0, 0.1) is 5.92 Å². The summed E-state index contributed by atoms with van der Waals surface area (Å²) in [6.45, 7) is 5.61. The molecule has 1 aliphatic rings. The average Bonchev–Trinajstić information content (AvgIpc) is 2.38. The fraction of sp³-hybridized carbons (Fsp3) is 0.615. The summed E-state index contributed by atoms with van der Waals surface area (Å²) in [6.07, 6.45) is 4.51. The van der Waals surface area contributed by atoms with Crippen LogP contribution in [0.25, 0.3) is 0 Å². The first-order valence-electron chi connectivity index (χ1n) is 6.21. The van der Waals surface area contributed by atoms with Crippen molar-refractivity contribution in [2.75, 3.05) is 19.6 Å². The zero-order valence-corrected chi connectivity index (χ0v) is 9.95. The van der Waals surface area contributed by atoms with Crippen molar-refractivity contribution >= 4 is 0 Å². The van der Waals surface area contributed by atoms with Gasteiger partial charge in [-0.2, -0.15) is 0 Å². The lowest BCUT2D eigenvalue weighted by atomic mass is 9.99. The minimum absolute atomic E-state index is 0.350. The first kappa shape index (κ1) is 11.6. The summed E-state index contributed by atoms with van der Waals surface area (Å²) in [5.74, 6) is 0.778. The van der Waals surface area contributed by atoms with Gasteiger partial charge in [0.1, 0.15) is 0 Å². The molecule has 0 amide bonds. The molecule has 1 saturated heterocycles. The molecule has 1 aliphatic heterocycles. The molecule has 1 aromatic heterocycles. The van der Waals surface area contributed by atoms with Crippen molar-refractivity contribution < 1.29 is 0 Å². The first-order chi connectivity index (χ1) is 7.86. The highest BCUT2D eigenvalue weighted by Gasteiger charge is 2.14. The summed E-state index contributed by atoms with van der Waals surface area (Å²) in [7, 11) is 0. The number of hydrogen-bond donors (Lipinski definition) is 2. The number of piperidine rings is 1. The molecule has 0 aliphatic carbocycles. The normalized spacial score (nSPS) is 22.9. The molecule has 0 bridgehead atoms. The number of aromatic nitrogens is 1. The van der Waals surface area contributed by atoms with Gasteiger partial charge in [-0.3, -0.25) is 4.98 Å². The van der Waals surface area contributed by atoms with Crippen LogP contribution < -0.4 is 10.6 Å². The minimum atomic E-state index is 0.350. The smallest absolute Gasteiger partial charge is 0.0570 e. The van der Waals surface area contributed by atoms with Crippen LogP contribution in [0.2, 0.25) is 0 Å². The van der Waals surface area contributed by atoms with Gasteiger partial charge >= 0.3 is 0 Å². The summed E-state index contributed by atoms with van der Waals surface area (Å²) >= 11 is 0. The van der Waals surface area contributed by atoms with Crippen molar-refractivity contribution in [3.63, 3.8) is 0 Å². The van der Waals surface area contributed by atoms with Crippen LogP contribution in [0.4, 0.5) is 0 Å². The summed E-state index contributed by atoms with van der Waals surface area (Å²) in [4.78, 5) is 4.36. The molecule has 16 heavy (non-hydrogen) atoms. The van der Waals surface area contributed by atoms with Gasteiger partial charge in [-0.05, 0) is 57.5 Å². The van der Waals surface area contributed by atoms with E-state index in [0.29, 0.717) is 6.04 Å². The molecule has 2 atom stereocenters. The SMILES string of the molecule is C[C@@H](NC[C@@H]1CCCNC1)c1ccccn1. The van der Waals surface area contributed by atoms with E-state index in [1.165, 1.54) is 19.4 Å². The molecule has 2 N–H and O–H groups in total. The van der Waals surface area contributed by atoms with Crippen LogP contribution in [0.15, 0.2) is 24.4 Å². The lowest BCUT2D eigenvalue weighted by Gasteiger charge is -2.24. The van der Waals surface area contributed by atoms with E-state index < -0.39 is 0 Å². The van der Waals surface area contributed by atoms with Gasteiger partial charge in [-0.1, -0.05) is 6.07 Å². The van der Waals surface area contributed by atoms with Crippen molar-refractivity contribution in [2.45, 2.75) is 25.8 Å². The monoisotopic (exact) mass is 219 g/mol. The Morgan fingerprint density at radius 3 is 3.19 bits per heavy atom. The van der Waals surface area contributed by atoms with Crippen LogP contribution in [-0.2, 0) is 0 Å². The van der Waals surface area contributed by atoms with E-state index in [-0.39, 0.29) is 0 Å². The maximum absolute atomic E-state index is 4.36. The molecular formula is C13H21N3. The van der Waals surface area contributed by atoms with E-state index in [0.717, 1.165) is 24.7 Å².